The minimum Gasteiger partial charge on any atom is -0.354 e. The lowest BCUT2D eigenvalue weighted by atomic mass is 9.88. The van der Waals surface area contributed by atoms with Gasteiger partial charge in [0.25, 0.3) is 5.91 Å². The van der Waals surface area contributed by atoms with Gasteiger partial charge in [-0.3, -0.25) is 9.59 Å². The third-order valence-electron chi connectivity index (χ3n) is 6.52. The molecule has 3 aromatic carbocycles. The fourth-order valence-corrected chi connectivity index (χ4v) is 6.33. The predicted octanol–water partition coefficient (Wildman–Crippen LogP) is 6.09. The molecule has 36 heavy (non-hydrogen) atoms. The average Bonchev–Trinajstić information content (AvgIpc) is 3.34. The molecule has 2 amide bonds. The highest BCUT2D eigenvalue weighted by Gasteiger charge is 2.46. The van der Waals surface area contributed by atoms with Gasteiger partial charge in [0, 0.05) is 18.2 Å². The van der Waals surface area contributed by atoms with Crippen molar-refractivity contribution in [3.63, 3.8) is 0 Å². The molecule has 0 saturated carbocycles. The van der Waals surface area contributed by atoms with E-state index in [2.05, 4.69) is 29.6 Å². The van der Waals surface area contributed by atoms with Gasteiger partial charge in [-0.1, -0.05) is 93.6 Å². The second-order valence-electron chi connectivity index (χ2n) is 10.2. The quantitative estimate of drug-likeness (QED) is 0.423. The lowest BCUT2D eigenvalue weighted by molar-refractivity contribution is -0.125. The van der Waals surface area contributed by atoms with Crippen molar-refractivity contribution in [3.8, 4) is 0 Å². The molecule has 0 spiro atoms. The Morgan fingerprint density at radius 1 is 0.944 bits per heavy atom. The molecule has 1 heterocycles. The van der Waals surface area contributed by atoms with Gasteiger partial charge in [0.1, 0.15) is 11.9 Å². The Kier molecular flexibility index (Phi) is 8.14. The van der Waals surface area contributed by atoms with Crippen molar-refractivity contribution in [1.82, 2.24) is 10.2 Å². The van der Waals surface area contributed by atoms with E-state index >= 15 is 0 Å². The van der Waals surface area contributed by atoms with E-state index in [0.717, 1.165) is 6.42 Å². The first-order valence-corrected chi connectivity index (χ1v) is 13.4. The zero-order valence-corrected chi connectivity index (χ0v) is 21.8. The molecule has 0 aromatic heterocycles. The Labute approximate surface area is 217 Å². The van der Waals surface area contributed by atoms with Crippen molar-refractivity contribution < 1.29 is 14.0 Å². The molecule has 6 heteroatoms. The summed E-state index contributed by atoms with van der Waals surface area (Å²) in [4.78, 5) is 28.5. The SMILES string of the molecule is CC(C)(C)C1SCC(C(=O)NCCC(c2ccccc2)c2ccccc2)N1C(=O)c1ccccc1F. The Morgan fingerprint density at radius 3 is 2.06 bits per heavy atom. The molecule has 2 unspecified atom stereocenters. The number of carbonyl (C=O) groups is 2. The molecule has 1 fully saturated rings. The Balaban J connectivity index is 1.50. The number of benzene rings is 3. The molecule has 3 aromatic rings. The number of amides is 2. The van der Waals surface area contributed by atoms with Crippen molar-refractivity contribution >= 4 is 23.6 Å². The minimum atomic E-state index is -0.654. The zero-order chi connectivity index (χ0) is 25.7. The standard InChI is InChI=1S/C30H33FN2O2S/c1-30(2,3)29-33(28(35)24-16-10-11-17-25(24)31)26(20-36-29)27(34)32-19-18-23(21-12-6-4-7-13-21)22-14-8-5-9-15-22/h4-17,23,26,29H,18-20H2,1-3H3,(H,32,34). The van der Waals surface area contributed by atoms with Gasteiger partial charge in [-0.15, -0.1) is 11.8 Å². The number of nitrogens with zero attached hydrogens (tertiary/aromatic N) is 1. The number of hydrogen-bond acceptors (Lipinski definition) is 3. The van der Waals surface area contributed by atoms with Crippen molar-refractivity contribution in [2.24, 2.45) is 5.41 Å². The summed E-state index contributed by atoms with van der Waals surface area (Å²) in [5, 5.41) is 2.84. The molecule has 1 N–H and O–H groups in total. The molecule has 0 aliphatic carbocycles. The number of halogens is 1. The summed E-state index contributed by atoms with van der Waals surface area (Å²) in [7, 11) is 0. The summed E-state index contributed by atoms with van der Waals surface area (Å²) in [5.41, 5.74) is 2.11. The molecule has 4 rings (SSSR count). The van der Waals surface area contributed by atoms with Gasteiger partial charge in [0.2, 0.25) is 5.91 Å². The summed E-state index contributed by atoms with van der Waals surface area (Å²) < 4.78 is 14.5. The highest BCUT2D eigenvalue weighted by atomic mass is 32.2. The van der Waals surface area contributed by atoms with E-state index < -0.39 is 17.8 Å². The number of thioether (sulfide) groups is 1. The molecule has 188 valence electrons. The van der Waals surface area contributed by atoms with Crippen molar-refractivity contribution in [3.05, 3.63) is 107 Å². The summed E-state index contributed by atoms with van der Waals surface area (Å²) in [6.07, 6.45) is 0.726. The molecule has 4 nitrogen and oxygen atoms in total. The van der Waals surface area contributed by atoms with Crippen LogP contribution in [0.2, 0.25) is 0 Å². The van der Waals surface area contributed by atoms with Gasteiger partial charge in [0.15, 0.2) is 0 Å². The smallest absolute Gasteiger partial charge is 0.258 e. The van der Waals surface area contributed by atoms with Gasteiger partial charge in [0.05, 0.1) is 10.9 Å². The molecule has 1 aliphatic heterocycles. The number of hydrogen-bond donors (Lipinski definition) is 1. The number of rotatable bonds is 7. The van der Waals surface area contributed by atoms with Crippen LogP contribution in [0.5, 0.6) is 0 Å². The number of carbonyl (C=O) groups excluding carboxylic acids is 2. The topological polar surface area (TPSA) is 49.4 Å². The molecule has 2 atom stereocenters. The van der Waals surface area contributed by atoms with Crippen molar-refractivity contribution in [1.29, 1.82) is 0 Å². The molecule has 0 radical (unpaired) electrons. The fraction of sp³-hybridized carbons (Fsp3) is 0.333. The third-order valence-corrected chi connectivity index (χ3v) is 8.28. The van der Waals surface area contributed by atoms with E-state index in [1.165, 1.54) is 23.3 Å². The van der Waals surface area contributed by atoms with E-state index in [1.807, 2.05) is 57.2 Å². The van der Waals surface area contributed by atoms with Gasteiger partial charge in [-0.05, 0) is 35.1 Å². The van der Waals surface area contributed by atoms with Crippen LogP contribution in [-0.4, -0.2) is 40.4 Å². The zero-order valence-electron chi connectivity index (χ0n) is 21.0. The highest BCUT2D eigenvalue weighted by molar-refractivity contribution is 8.00. The fourth-order valence-electron chi connectivity index (χ4n) is 4.75. The first-order chi connectivity index (χ1) is 17.3. The predicted molar refractivity (Wildman–Crippen MR) is 144 cm³/mol. The first-order valence-electron chi connectivity index (χ1n) is 12.3. The molecule has 0 bridgehead atoms. The van der Waals surface area contributed by atoms with E-state index in [-0.39, 0.29) is 28.2 Å². The Bertz CT molecular complexity index is 1140. The van der Waals surface area contributed by atoms with Crippen LogP contribution < -0.4 is 5.32 Å². The van der Waals surface area contributed by atoms with E-state index in [9.17, 15) is 14.0 Å². The van der Waals surface area contributed by atoms with Crippen LogP contribution in [0.4, 0.5) is 4.39 Å². The van der Waals surface area contributed by atoms with Gasteiger partial charge in [-0.25, -0.2) is 4.39 Å². The van der Waals surface area contributed by atoms with Gasteiger partial charge >= 0.3 is 0 Å². The lowest BCUT2D eigenvalue weighted by Crippen LogP contribution is -2.52. The van der Waals surface area contributed by atoms with Crippen LogP contribution >= 0.6 is 11.8 Å². The summed E-state index contributed by atoms with van der Waals surface area (Å²) in [6, 6.07) is 25.9. The summed E-state index contributed by atoms with van der Waals surface area (Å²) in [6.45, 7) is 6.58. The first kappa shape index (κ1) is 26.0. The Hall–Kier alpha value is -3.12. The summed E-state index contributed by atoms with van der Waals surface area (Å²) in [5.74, 6) is -0.582. The second kappa shape index (κ2) is 11.3. The molecule has 1 saturated heterocycles. The van der Waals surface area contributed by atoms with Crippen LogP contribution in [0.25, 0.3) is 0 Å². The van der Waals surface area contributed by atoms with Crippen molar-refractivity contribution in [2.75, 3.05) is 12.3 Å². The van der Waals surface area contributed by atoms with E-state index in [1.54, 1.807) is 28.8 Å². The largest absolute Gasteiger partial charge is 0.354 e. The number of nitrogens with one attached hydrogen (secondary N) is 1. The van der Waals surface area contributed by atoms with E-state index in [4.69, 9.17) is 0 Å². The van der Waals surface area contributed by atoms with Crippen LogP contribution in [0.1, 0.15) is 54.6 Å². The molecular formula is C30H33FN2O2S. The average molecular weight is 505 g/mol. The normalized spacial score (nSPS) is 17.9. The van der Waals surface area contributed by atoms with Gasteiger partial charge in [-0.2, -0.15) is 0 Å². The van der Waals surface area contributed by atoms with Crippen LogP contribution in [-0.2, 0) is 4.79 Å². The summed E-state index contributed by atoms with van der Waals surface area (Å²) >= 11 is 1.58. The van der Waals surface area contributed by atoms with Crippen LogP contribution in [0.3, 0.4) is 0 Å². The monoisotopic (exact) mass is 504 g/mol. The minimum absolute atomic E-state index is 0.000249. The maximum Gasteiger partial charge on any atom is 0.258 e. The maximum atomic E-state index is 14.5. The second-order valence-corrected chi connectivity index (χ2v) is 11.3. The Morgan fingerprint density at radius 2 is 1.50 bits per heavy atom. The van der Waals surface area contributed by atoms with Gasteiger partial charge < -0.3 is 10.2 Å². The van der Waals surface area contributed by atoms with E-state index in [0.29, 0.717) is 12.3 Å². The van der Waals surface area contributed by atoms with Crippen LogP contribution in [0, 0.1) is 11.2 Å². The maximum absolute atomic E-state index is 14.5. The van der Waals surface area contributed by atoms with Crippen LogP contribution in [0.15, 0.2) is 84.9 Å². The molecule has 1 aliphatic rings. The lowest BCUT2D eigenvalue weighted by Gasteiger charge is -2.36. The highest BCUT2D eigenvalue weighted by Crippen LogP contribution is 2.41. The molecular weight excluding hydrogens is 471 g/mol. The third kappa shape index (κ3) is 5.81. The van der Waals surface area contributed by atoms with Crippen molar-refractivity contribution in [2.45, 2.75) is 44.5 Å².